The summed E-state index contributed by atoms with van der Waals surface area (Å²) in [6.07, 6.45) is 2.46. The minimum Gasteiger partial charge on any atom is -0.493 e. The molecule has 1 aromatic carbocycles. The van der Waals surface area contributed by atoms with Crippen molar-refractivity contribution in [3.05, 3.63) is 47.5 Å². The van der Waals surface area contributed by atoms with Gasteiger partial charge in [-0.25, -0.2) is 14.8 Å². The van der Waals surface area contributed by atoms with Crippen LogP contribution >= 0.6 is 0 Å². The molecule has 7 heteroatoms. The predicted octanol–water partition coefficient (Wildman–Crippen LogP) is 1.63. The van der Waals surface area contributed by atoms with Gasteiger partial charge in [0.05, 0.1) is 24.4 Å². The number of hydrogen-bond donors (Lipinski definition) is 1. The second-order valence-corrected chi connectivity index (χ2v) is 3.95. The van der Waals surface area contributed by atoms with E-state index >= 15 is 0 Å². The number of methoxy groups -OCH3 is 1. The number of carboxylic acids is 1. The van der Waals surface area contributed by atoms with Crippen LogP contribution in [0.25, 0.3) is 0 Å². The van der Waals surface area contributed by atoms with Crippen LogP contribution in [0.4, 0.5) is 0 Å². The Morgan fingerprint density at radius 2 is 2.24 bits per heavy atom. The van der Waals surface area contributed by atoms with Gasteiger partial charge in [0.25, 0.3) is 0 Å². The lowest BCUT2D eigenvalue weighted by Gasteiger charge is -2.11. The SMILES string of the molecule is COc1cc(C#N)ccc1OCc1ncncc1C(=O)O. The van der Waals surface area contributed by atoms with Crippen molar-refractivity contribution in [1.82, 2.24) is 9.97 Å². The van der Waals surface area contributed by atoms with E-state index in [2.05, 4.69) is 9.97 Å². The first-order valence-corrected chi connectivity index (χ1v) is 5.88. The molecule has 2 aromatic rings. The molecule has 0 spiro atoms. The number of ether oxygens (including phenoxy) is 2. The maximum atomic E-state index is 11.0. The highest BCUT2D eigenvalue weighted by molar-refractivity contribution is 5.88. The van der Waals surface area contributed by atoms with Crippen molar-refractivity contribution in [2.75, 3.05) is 7.11 Å². The van der Waals surface area contributed by atoms with Crippen molar-refractivity contribution in [3.8, 4) is 17.6 Å². The number of nitrogens with zero attached hydrogens (tertiary/aromatic N) is 3. The lowest BCUT2D eigenvalue weighted by molar-refractivity contribution is 0.0692. The third kappa shape index (κ3) is 3.25. The molecule has 0 aliphatic carbocycles. The van der Waals surface area contributed by atoms with E-state index in [4.69, 9.17) is 19.8 Å². The number of carbonyl (C=O) groups is 1. The van der Waals surface area contributed by atoms with E-state index in [1.165, 1.54) is 25.7 Å². The Labute approximate surface area is 120 Å². The number of carboxylic acid groups (broad SMARTS) is 1. The Hall–Kier alpha value is -3.14. The highest BCUT2D eigenvalue weighted by Crippen LogP contribution is 2.28. The van der Waals surface area contributed by atoms with Gasteiger partial charge in [0.15, 0.2) is 11.5 Å². The van der Waals surface area contributed by atoms with Crippen LogP contribution in [-0.4, -0.2) is 28.2 Å². The standard InChI is InChI=1S/C14H11N3O4/c1-20-13-4-9(5-15)2-3-12(13)21-7-11-10(14(18)19)6-16-8-17-11/h2-4,6,8H,7H2,1H3,(H,18,19). The van der Waals surface area contributed by atoms with E-state index in [-0.39, 0.29) is 17.9 Å². The smallest absolute Gasteiger partial charge is 0.339 e. The average molecular weight is 285 g/mol. The summed E-state index contributed by atoms with van der Waals surface area (Å²) in [6.45, 7) is -0.0492. The summed E-state index contributed by atoms with van der Waals surface area (Å²) in [5, 5.41) is 17.9. The number of rotatable bonds is 5. The molecule has 2 rings (SSSR count). The van der Waals surface area contributed by atoms with Gasteiger partial charge in [-0.15, -0.1) is 0 Å². The minimum atomic E-state index is -1.12. The van der Waals surface area contributed by atoms with Gasteiger partial charge >= 0.3 is 5.97 Å². The summed E-state index contributed by atoms with van der Waals surface area (Å²) in [6, 6.07) is 6.69. The molecule has 0 aliphatic heterocycles. The zero-order valence-electron chi connectivity index (χ0n) is 11.1. The first-order chi connectivity index (χ1) is 10.2. The van der Waals surface area contributed by atoms with Gasteiger partial charge in [0, 0.05) is 12.3 Å². The lowest BCUT2D eigenvalue weighted by Crippen LogP contribution is -2.09. The Kier molecular flexibility index (Phi) is 4.31. The number of nitriles is 1. The molecule has 0 saturated heterocycles. The van der Waals surface area contributed by atoms with Gasteiger partial charge in [0.2, 0.25) is 0 Å². The number of benzene rings is 1. The average Bonchev–Trinajstić information content (AvgIpc) is 2.52. The molecule has 1 N–H and O–H groups in total. The molecular formula is C14H11N3O4. The van der Waals surface area contributed by atoms with Crippen LogP contribution in [0.15, 0.2) is 30.7 Å². The zero-order valence-corrected chi connectivity index (χ0v) is 11.1. The largest absolute Gasteiger partial charge is 0.493 e. The maximum Gasteiger partial charge on any atom is 0.339 e. The van der Waals surface area contributed by atoms with E-state index < -0.39 is 5.97 Å². The van der Waals surface area contributed by atoms with Crippen molar-refractivity contribution >= 4 is 5.97 Å². The molecule has 0 amide bonds. The van der Waals surface area contributed by atoms with Crippen LogP contribution in [0.3, 0.4) is 0 Å². The van der Waals surface area contributed by atoms with Crippen LogP contribution in [0, 0.1) is 11.3 Å². The van der Waals surface area contributed by atoms with Gasteiger partial charge < -0.3 is 14.6 Å². The van der Waals surface area contributed by atoms with Crippen molar-refractivity contribution in [2.45, 2.75) is 6.61 Å². The van der Waals surface area contributed by atoms with Crippen molar-refractivity contribution in [3.63, 3.8) is 0 Å². The summed E-state index contributed by atoms with van der Waals surface area (Å²) in [7, 11) is 1.46. The van der Waals surface area contributed by atoms with Crippen LogP contribution < -0.4 is 9.47 Å². The van der Waals surface area contributed by atoms with E-state index in [9.17, 15) is 4.79 Å². The quantitative estimate of drug-likeness (QED) is 0.889. The van der Waals surface area contributed by atoms with Crippen molar-refractivity contribution < 1.29 is 19.4 Å². The second kappa shape index (κ2) is 6.34. The number of aromatic nitrogens is 2. The molecule has 0 aliphatic rings. The molecule has 7 nitrogen and oxygen atoms in total. The van der Waals surface area contributed by atoms with Crippen LogP contribution in [0.1, 0.15) is 21.6 Å². The van der Waals surface area contributed by atoms with Crippen molar-refractivity contribution in [1.29, 1.82) is 5.26 Å². The zero-order chi connectivity index (χ0) is 15.2. The summed E-state index contributed by atoms with van der Waals surface area (Å²) in [5.74, 6) is -0.340. The third-order valence-corrected chi connectivity index (χ3v) is 2.68. The monoisotopic (exact) mass is 285 g/mol. The molecule has 0 bridgehead atoms. The first-order valence-electron chi connectivity index (χ1n) is 5.88. The first kappa shape index (κ1) is 14.3. The molecule has 21 heavy (non-hydrogen) atoms. The molecule has 0 atom stereocenters. The molecule has 106 valence electrons. The van der Waals surface area contributed by atoms with Crippen LogP contribution in [-0.2, 0) is 6.61 Å². The Morgan fingerprint density at radius 3 is 2.90 bits per heavy atom. The van der Waals surface area contributed by atoms with Gasteiger partial charge in [-0.2, -0.15) is 5.26 Å². The fourth-order valence-corrected chi connectivity index (χ4v) is 1.65. The van der Waals surface area contributed by atoms with Gasteiger partial charge in [-0.3, -0.25) is 0 Å². The number of aromatic carboxylic acids is 1. The summed E-state index contributed by atoms with van der Waals surface area (Å²) in [4.78, 5) is 18.6. The summed E-state index contributed by atoms with van der Waals surface area (Å²) >= 11 is 0. The Morgan fingerprint density at radius 1 is 1.43 bits per heavy atom. The molecule has 0 radical (unpaired) electrons. The second-order valence-electron chi connectivity index (χ2n) is 3.95. The van der Waals surface area contributed by atoms with Crippen LogP contribution in [0.5, 0.6) is 11.5 Å². The molecule has 1 heterocycles. The van der Waals surface area contributed by atoms with Gasteiger partial charge in [-0.05, 0) is 12.1 Å². The molecule has 1 aromatic heterocycles. The third-order valence-electron chi connectivity index (χ3n) is 2.68. The number of hydrogen-bond acceptors (Lipinski definition) is 6. The lowest BCUT2D eigenvalue weighted by atomic mass is 10.2. The predicted molar refractivity (Wildman–Crippen MR) is 71.0 cm³/mol. The van der Waals surface area contributed by atoms with E-state index in [0.717, 1.165) is 0 Å². The Bertz CT molecular complexity index is 710. The molecular weight excluding hydrogens is 274 g/mol. The summed E-state index contributed by atoms with van der Waals surface area (Å²) < 4.78 is 10.6. The highest BCUT2D eigenvalue weighted by atomic mass is 16.5. The highest BCUT2D eigenvalue weighted by Gasteiger charge is 2.13. The van der Waals surface area contributed by atoms with Gasteiger partial charge in [0.1, 0.15) is 18.5 Å². The molecule has 0 unspecified atom stereocenters. The fraction of sp³-hybridized carbons (Fsp3) is 0.143. The van der Waals surface area contributed by atoms with Crippen molar-refractivity contribution in [2.24, 2.45) is 0 Å². The fourth-order valence-electron chi connectivity index (χ4n) is 1.65. The molecule has 0 fully saturated rings. The van der Waals surface area contributed by atoms with E-state index in [0.29, 0.717) is 17.1 Å². The minimum absolute atomic E-state index is 0.0230. The maximum absolute atomic E-state index is 11.0. The Balaban J connectivity index is 2.21. The normalized spacial score (nSPS) is 9.71. The van der Waals surface area contributed by atoms with E-state index in [1.54, 1.807) is 12.1 Å². The van der Waals surface area contributed by atoms with Gasteiger partial charge in [-0.1, -0.05) is 0 Å². The topological polar surface area (TPSA) is 105 Å². The van der Waals surface area contributed by atoms with E-state index in [1.807, 2.05) is 6.07 Å². The molecule has 0 saturated carbocycles. The summed E-state index contributed by atoms with van der Waals surface area (Å²) in [5.41, 5.74) is 0.668. The van der Waals surface area contributed by atoms with Crippen LogP contribution in [0.2, 0.25) is 0 Å².